The number of amides is 2. The summed E-state index contributed by atoms with van der Waals surface area (Å²) in [6.07, 6.45) is 0.165. The van der Waals surface area contributed by atoms with Crippen molar-refractivity contribution in [3.63, 3.8) is 0 Å². The van der Waals surface area contributed by atoms with Crippen molar-refractivity contribution in [2.75, 3.05) is 12.4 Å². The van der Waals surface area contributed by atoms with Gasteiger partial charge in [-0.3, -0.25) is 9.59 Å². The maximum Gasteiger partial charge on any atom is 0.251 e. The van der Waals surface area contributed by atoms with Gasteiger partial charge in [-0.2, -0.15) is 0 Å². The van der Waals surface area contributed by atoms with E-state index in [2.05, 4.69) is 15.6 Å². The predicted molar refractivity (Wildman–Crippen MR) is 105 cm³/mol. The van der Waals surface area contributed by atoms with Gasteiger partial charge in [-0.25, -0.2) is 4.98 Å². The summed E-state index contributed by atoms with van der Waals surface area (Å²) in [4.78, 5) is 28.2. The third-order valence-corrected chi connectivity index (χ3v) is 4.91. The molecule has 0 aliphatic carbocycles. The lowest BCUT2D eigenvalue weighted by Gasteiger charge is -2.05. The summed E-state index contributed by atoms with van der Waals surface area (Å²) in [7, 11) is 1.57. The van der Waals surface area contributed by atoms with E-state index in [0.29, 0.717) is 22.0 Å². The quantitative estimate of drug-likeness (QED) is 0.697. The molecule has 2 amide bonds. The lowest BCUT2D eigenvalue weighted by atomic mass is 10.2. The number of nitrogens with zero attached hydrogens (tertiary/aromatic N) is 1. The van der Waals surface area contributed by atoms with E-state index in [9.17, 15) is 9.59 Å². The number of anilines is 1. The van der Waals surface area contributed by atoms with Crippen LogP contribution in [0.25, 0.3) is 10.6 Å². The molecule has 0 saturated carbocycles. The number of halogens is 1. The molecule has 3 aromatic rings. The summed E-state index contributed by atoms with van der Waals surface area (Å²) in [5, 5.41) is 8.63. The first-order chi connectivity index (χ1) is 12.6. The maximum absolute atomic E-state index is 12.2. The van der Waals surface area contributed by atoms with Gasteiger partial charge in [-0.05, 0) is 30.3 Å². The first-order valence-corrected chi connectivity index (χ1v) is 9.14. The molecule has 0 bridgehead atoms. The molecule has 0 atom stereocenters. The van der Waals surface area contributed by atoms with Crippen molar-refractivity contribution in [1.82, 2.24) is 10.3 Å². The summed E-state index contributed by atoms with van der Waals surface area (Å²) in [5.74, 6) is -0.342. The molecule has 5 nitrogen and oxygen atoms in total. The van der Waals surface area contributed by atoms with Crippen LogP contribution in [0.2, 0.25) is 5.02 Å². The van der Waals surface area contributed by atoms with Crippen LogP contribution in [-0.2, 0) is 11.2 Å². The van der Waals surface area contributed by atoms with E-state index < -0.39 is 0 Å². The summed E-state index contributed by atoms with van der Waals surface area (Å²) >= 11 is 7.64. The highest BCUT2D eigenvalue weighted by atomic mass is 35.5. The van der Waals surface area contributed by atoms with Crippen molar-refractivity contribution in [2.24, 2.45) is 0 Å². The van der Waals surface area contributed by atoms with Gasteiger partial charge in [-0.1, -0.05) is 29.8 Å². The molecule has 0 saturated heterocycles. The standard InChI is InChI=1S/C19H16ClN3O2S/c1-21-18(25)12-6-8-13(9-7-12)22-17(24)10-14-11-26-19(23-14)15-4-2-3-5-16(15)20/h2-9,11H,10H2,1H3,(H,21,25)(H,22,24). The van der Waals surface area contributed by atoms with E-state index in [-0.39, 0.29) is 18.2 Å². The largest absolute Gasteiger partial charge is 0.355 e. The average Bonchev–Trinajstić information content (AvgIpc) is 3.10. The fourth-order valence-electron chi connectivity index (χ4n) is 2.37. The van der Waals surface area contributed by atoms with Gasteiger partial charge in [0, 0.05) is 29.2 Å². The van der Waals surface area contributed by atoms with Crippen LogP contribution in [0.5, 0.6) is 0 Å². The Labute approximate surface area is 160 Å². The second-order valence-corrected chi connectivity index (χ2v) is 6.77. The van der Waals surface area contributed by atoms with Crippen LogP contribution in [0.3, 0.4) is 0 Å². The molecule has 2 aromatic carbocycles. The van der Waals surface area contributed by atoms with Crippen LogP contribution in [0, 0.1) is 0 Å². The molecule has 3 rings (SSSR count). The summed E-state index contributed by atoms with van der Waals surface area (Å²) in [6.45, 7) is 0. The molecule has 0 aliphatic heterocycles. The monoisotopic (exact) mass is 385 g/mol. The van der Waals surface area contributed by atoms with Crippen LogP contribution >= 0.6 is 22.9 Å². The smallest absolute Gasteiger partial charge is 0.251 e. The molecular weight excluding hydrogens is 370 g/mol. The van der Waals surface area contributed by atoms with E-state index in [4.69, 9.17) is 11.6 Å². The zero-order valence-electron chi connectivity index (χ0n) is 14.0. The van der Waals surface area contributed by atoms with E-state index >= 15 is 0 Å². The SMILES string of the molecule is CNC(=O)c1ccc(NC(=O)Cc2csc(-c3ccccc3Cl)n2)cc1. The van der Waals surface area contributed by atoms with Crippen molar-refractivity contribution in [1.29, 1.82) is 0 Å². The number of rotatable bonds is 5. The molecule has 7 heteroatoms. The van der Waals surface area contributed by atoms with Crippen molar-refractivity contribution >= 4 is 40.4 Å². The van der Waals surface area contributed by atoms with E-state index in [0.717, 1.165) is 10.6 Å². The third kappa shape index (κ3) is 4.28. The average molecular weight is 386 g/mol. The number of aromatic nitrogens is 1. The molecule has 0 spiro atoms. The van der Waals surface area contributed by atoms with Crippen LogP contribution in [0.15, 0.2) is 53.9 Å². The Balaban J connectivity index is 1.64. The highest BCUT2D eigenvalue weighted by molar-refractivity contribution is 7.13. The first kappa shape index (κ1) is 18.1. The zero-order chi connectivity index (χ0) is 18.5. The Morgan fingerprint density at radius 2 is 1.85 bits per heavy atom. The van der Waals surface area contributed by atoms with Crippen LogP contribution < -0.4 is 10.6 Å². The first-order valence-electron chi connectivity index (χ1n) is 7.88. The zero-order valence-corrected chi connectivity index (χ0v) is 15.5. The Hall–Kier alpha value is -2.70. The minimum absolute atomic E-state index is 0.165. The van der Waals surface area contributed by atoms with Gasteiger partial charge in [0.05, 0.1) is 17.1 Å². The number of carbonyl (C=O) groups is 2. The molecule has 0 radical (unpaired) electrons. The van der Waals surface area contributed by atoms with Crippen LogP contribution in [0.1, 0.15) is 16.1 Å². The third-order valence-electron chi connectivity index (χ3n) is 3.66. The second kappa shape index (κ2) is 8.12. The number of benzene rings is 2. The van der Waals surface area contributed by atoms with Gasteiger partial charge < -0.3 is 10.6 Å². The van der Waals surface area contributed by atoms with Crippen LogP contribution in [0.4, 0.5) is 5.69 Å². The summed E-state index contributed by atoms with van der Waals surface area (Å²) in [5.41, 5.74) is 2.71. The fraction of sp³-hybridized carbons (Fsp3) is 0.105. The highest BCUT2D eigenvalue weighted by Crippen LogP contribution is 2.30. The van der Waals surface area contributed by atoms with Gasteiger partial charge in [0.25, 0.3) is 5.91 Å². The molecule has 0 aliphatic rings. The van der Waals surface area contributed by atoms with E-state index in [1.165, 1.54) is 11.3 Å². The van der Waals surface area contributed by atoms with Gasteiger partial charge in [0.1, 0.15) is 5.01 Å². The minimum atomic E-state index is -0.172. The number of nitrogens with one attached hydrogen (secondary N) is 2. The topological polar surface area (TPSA) is 71.1 Å². The van der Waals surface area contributed by atoms with Gasteiger partial charge in [-0.15, -0.1) is 11.3 Å². The van der Waals surface area contributed by atoms with Crippen LogP contribution in [-0.4, -0.2) is 23.8 Å². The predicted octanol–water partition coefficient (Wildman–Crippen LogP) is 4.00. The molecule has 1 aromatic heterocycles. The number of hydrogen-bond donors (Lipinski definition) is 2. The van der Waals surface area contributed by atoms with Crippen molar-refractivity contribution in [2.45, 2.75) is 6.42 Å². The molecule has 26 heavy (non-hydrogen) atoms. The minimum Gasteiger partial charge on any atom is -0.355 e. The van der Waals surface area contributed by atoms with Crippen molar-refractivity contribution in [3.05, 3.63) is 70.2 Å². The lowest BCUT2D eigenvalue weighted by molar-refractivity contribution is -0.115. The number of thiazole rings is 1. The summed E-state index contributed by atoms with van der Waals surface area (Å²) in [6, 6.07) is 14.2. The fourth-order valence-corrected chi connectivity index (χ4v) is 3.51. The number of carbonyl (C=O) groups excluding carboxylic acids is 2. The molecule has 2 N–H and O–H groups in total. The molecule has 0 unspecified atom stereocenters. The molecule has 0 fully saturated rings. The molecular formula is C19H16ClN3O2S. The number of hydrogen-bond acceptors (Lipinski definition) is 4. The lowest BCUT2D eigenvalue weighted by Crippen LogP contribution is -2.18. The van der Waals surface area contributed by atoms with E-state index in [1.54, 1.807) is 31.3 Å². The normalized spacial score (nSPS) is 10.4. The highest BCUT2D eigenvalue weighted by Gasteiger charge is 2.11. The Kier molecular flexibility index (Phi) is 5.65. The van der Waals surface area contributed by atoms with Crippen molar-refractivity contribution in [3.8, 4) is 10.6 Å². The van der Waals surface area contributed by atoms with E-state index in [1.807, 2.05) is 29.6 Å². The summed E-state index contributed by atoms with van der Waals surface area (Å²) < 4.78 is 0. The van der Waals surface area contributed by atoms with Gasteiger partial charge in [0.15, 0.2) is 0 Å². The van der Waals surface area contributed by atoms with Gasteiger partial charge >= 0.3 is 0 Å². The molecule has 1 heterocycles. The van der Waals surface area contributed by atoms with Gasteiger partial charge in [0.2, 0.25) is 5.91 Å². The molecule has 132 valence electrons. The maximum atomic E-state index is 12.2. The second-order valence-electron chi connectivity index (χ2n) is 5.51. The Morgan fingerprint density at radius 1 is 1.12 bits per heavy atom. The Bertz CT molecular complexity index is 938. The van der Waals surface area contributed by atoms with Crippen molar-refractivity contribution < 1.29 is 9.59 Å². The Morgan fingerprint density at radius 3 is 2.54 bits per heavy atom.